The van der Waals surface area contributed by atoms with Crippen LogP contribution in [0, 0.1) is 5.92 Å². The minimum Gasteiger partial charge on any atom is -0.338 e. The molecule has 2 atom stereocenters. The van der Waals surface area contributed by atoms with Crippen LogP contribution in [0.5, 0.6) is 0 Å². The molecule has 7 heteroatoms. The highest BCUT2D eigenvalue weighted by Gasteiger charge is 2.35. The molecule has 0 saturated carbocycles. The number of halogens is 4. The van der Waals surface area contributed by atoms with Gasteiger partial charge in [-0.2, -0.15) is 13.2 Å². The topological polar surface area (TPSA) is 32.3 Å². The molecule has 0 aromatic carbocycles. The van der Waals surface area contributed by atoms with Crippen molar-refractivity contribution in [1.82, 2.24) is 10.2 Å². The Morgan fingerprint density at radius 1 is 1.28 bits per heavy atom. The third-order valence-corrected chi connectivity index (χ3v) is 3.56. The maximum absolute atomic E-state index is 12.1. The predicted octanol–water partition coefficient (Wildman–Crippen LogP) is 1.96. The van der Waals surface area contributed by atoms with Gasteiger partial charge in [-0.3, -0.25) is 4.79 Å². The lowest BCUT2D eigenvalue weighted by molar-refractivity contribution is -0.151. The third kappa shape index (κ3) is 4.02. The monoisotopic (exact) mass is 286 g/mol. The van der Waals surface area contributed by atoms with Crippen molar-refractivity contribution in [2.45, 2.75) is 37.9 Å². The van der Waals surface area contributed by atoms with Crippen molar-refractivity contribution in [1.29, 1.82) is 0 Å². The fourth-order valence-corrected chi connectivity index (χ4v) is 2.63. The molecule has 18 heavy (non-hydrogen) atoms. The molecule has 0 unspecified atom stereocenters. The minimum atomic E-state index is -4.24. The average molecular weight is 287 g/mol. The summed E-state index contributed by atoms with van der Waals surface area (Å²) in [6, 6.07) is 0.0921. The molecular formula is C11H18ClF3N2O. The fourth-order valence-electron chi connectivity index (χ4n) is 2.63. The van der Waals surface area contributed by atoms with E-state index in [1.165, 1.54) is 0 Å². The molecule has 0 radical (unpaired) electrons. The molecule has 3 aliphatic rings. The second kappa shape index (κ2) is 6.10. The number of hydrogen-bond donors (Lipinski definition) is 1. The minimum absolute atomic E-state index is 0. The molecule has 1 N–H and O–H groups in total. The molecule has 0 aromatic rings. The van der Waals surface area contributed by atoms with Crippen LogP contribution in [-0.4, -0.2) is 42.7 Å². The number of hydrogen-bond acceptors (Lipinski definition) is 2. The Kier molecular flexibility index (Phi) is 5.28. The van der Waals surface area contributed by atoms with Gasteiger partial charge in [-0.25, -0.2) is 0 Å². The van der Waals surface area contributed by atoms with Gasteiger partial charge in [-0.05, 0) is 25.3 Å². The quantitative estimate of drug-likeness (QED) is 0.842. The number of alkyl halides is 3. The first-order chi connectivity index (χ1) is 7.96. The van der Waals surface area contributed by atoms with Crippen LogP contribution in [0.1, 0.15) is 25.7 Å². The van der Waals surface area contributed by atoms with Crippen molar-refractivity contribution in [3.63, 3.8) is 0 Å². The Balaban J connectivity index is 0.00000162. The molecule has 3 heterocycles. The number of piperidine rings is 1. The van der Waals surface area contributed by atoms with E-state index in [1.807, 2.05) is 0 Å². The SMILES string of the molecule is Cl.O=C(CCC(F)(F)F)N1C[C@@H]2CC[C@H]1CNC2. The van der Waals surface area contributed by atoms with Crippen molar-refractivity contribution in [3.05, 3.63) is 0 Å². The van der Waals surface area contributed by atoms with E-state index in [-0.39, 0.29) is 24.4 Å². The Labute approximate surface area is 110 Å². The van der Waals surface area contributed by atoms with Crippen LogP contribution >= 0.6 is 12.4 Å². The lowest BCUT2D eigenvalue weighted by Gasteiger charge is -2.36. The molecule has 3 fully saturated rings. The second-order valence-corrected chi connectivity index (χ2v) is 4.92. The highest BCUT2D eigenvalue weighted by atomic mass is 35.5. The van der Waals surface area contributed by atoms with Gasteiger partial charge in [0.1, 0.15) is 0 Å². The zero-order chi connectivity index (χ0) is 12.5. The molecule has 0 spiro atoms. The van der Waals surface area contributed by atoms with Gasteiger partial charge in [-0.15, -0.1) is 12.4 Å². The molecule has 0 aliphatic carbocycles. The van der Waals surface area contributed by atoms with Gasteiger partial charge in [0.15, 0.2) is 0 Å². The smallest absolute Gasteiger partial charge is 0.338 e. The van der Waals surface area contributed by atoms with Crippen molar-refractivity contribution in [3.8, 4) is 0 Å². The first-order valence-corrected chi connectivity index (χ1v) is 6.02. The fraction of sp³-hybridized carbons (Fsp3) is 0.909. The standard InChI is InChI=1S/C11H17F3N2O.ClH/c12-11(13,14)4-3-10(17)16-7-8-1-2-9(16)6-15-5-8;/h8-9,15H,1-7H2;1H/t8-,9+;/m1./s1. The van der Waals surface area contributed by atoms with Crippen LogP contribution in [0.4, 0.5) is 13.2 Å². The van der Waals surface area contributed by atoms with Gasteiger partial charge >= 0.3 is 6.18 Å². The Morgan fingerprint density at radius 3 is 2.67 bits per heavy atom. The number of nitrogens with one attached hydrogen (secondary N) is 1. The second-order valence-electron chi connectivity index (χ2n) is 4.92. The van der Waals surface area contributed by atoms with E-state index in [1.54, 1.807) is 4.90 Å². The summed E-state index contributed by atoms with van der Waals surface area (Å²) in [5.74, 6) is 0.0595. The van der Waals surface area contributed by atoms with Gasteiger partial charge < -0.3 is 10.2 Å². The first kappa shape index (κ1) is 15.6. The molecule has 3 rings (SSSR count). The lowest BCUT2D eigenvalue weighted by atomic mass is 9.94. The number of nitrogens with zero attached hydrogens (tertiary/aromatic N) is 1. The predicted molar refractivity (Wildman–Crippen MR) is 63.6 cm³/mol. The number of carbonyl (C=O) groups is 1. The number of carbonyl (C=O) groups excluding carboxylic acids is 1. The van der Waals surface area contributed by atoms with Crippen LogP contribution in [0.3, 0.4) is 0 Å². The molecule has 3 saturated heterocycles. The van der Waals surface area contributed by atoms with Gasteiger partial charge in [-0.1, -0.05) is 0 Å². The summed E-state index contributed by atoms with van der Waals surface area (Å²) in [5, 5.41) is 3.25. The summed E-state index contributed by atoms with van der Waals surface area (Å²) in [4.78, 5) is 13.4. The van der Waals surface area contributed by atoms with Crippen LogP contribution in [0.15, 0.2) is 0 Å². The highest BCUT2D eigenvalue weighted by molar-refractivity contribution is 5.85. The largest absolute Gasteiger partial charge is 0.389 e. The van der Waals surface area contributed by atoms with E-state index >= 15 is 0 Å². The Morgan fingerprint density at radius 2 is 2.00 bits per heavy atom. The van der Waals surface area contributed by atoms with Crippen LogP contribution in [-0.2, 0) is 4.79 Å². The van der Waals surface area contributed by atoms with E-state index in [2.05, 4.69) is 5.32 Å². The van der Waals surface area contributed by atoms with Crippen LogP contribution < -0.4 is 5.32 Å². The van der Waals surface area contributed by atoms with Crippen molar-refractivity contribution < 1.29 is 18.0 Å². The highest BCUT2D eigenvalue weighted by Crippen LogP contribution is 2.27. The van der Waals surface area contributed by atoms with Gasteiger partial charge in [0, 0.05) is 25.6 Å². The Bertz CT molecular complexity index is 295. The van der Waals surface area contributed by atoms with Crippen molar-refractivity contribution >= 4 is 18.3 Å². The first-order valence-electron chi connectivity index (χ1n) is 6.02. The zero-order valence-corrected chi connectivity index (χ0v) is 10.8. The van der Waals surface area contributed by atoms with Gasteiger partial charge in [0.25, 0.3) is 0 Å². The molecular weight excluding hydrogens is 269 g/mol. The summed E-state index contributed by atoms with van der Waals surface area (Å²) in [7, 11) is 0. The zero-order valence-electron chi connectivity index (χ0n) is 10.0. The molecule has 106 valence electrons. The lowest BCUT2D eigenvalue weighted by Crippen LogP contribution is -2.47. The summed E-state index contributed by atoms with van der Waals surface area (Å²) < 4.78 is 36.2. The van der Waals surface area contributed by atoms with E-state index in [0.29, 0.717) is 19.0 Å². The van der Waals surface area contributed by atoms with Crippen LogP contribution in [0.2, 0.25) is 0 Å². The van der Waals surface area contributed by atoms with Gasteiger partial charge in [0.05, 0.1) is 6.42 Å². The summed E-state index contributed by atoms with van der Waals surface area (Å²) in [6.07, 6.45) is -3.67. The van der Waals surface area contributed by atoms with E-state index in [9.17, 15) is 18.0 Å². The summed E-state index contributed by atoms with van der Waals surface area (Å²) in [5.41, 5.74) is 0. The normalized spacial score (nSPS) is 27.6. The average Bonchev–Trinajstić information content (AvgIpc) is 2.59. The summed E-state index contributed by atoms with van der Waals surface area (Å²) in [6.45, 7) is 2.21. The molecule has 1 amide bonds. The van der Waals surface area contributed by atoms with Crippen molar-refractivity contribution in [2.75, 3.05) is 19.6 Å². The van der Waals surface area contributed by atoms with E-state index < -0.39 is 19.0 Å². The van der Waals surface area contributed by atoms with Gasteiger partial charge in [0.2, 0.25) is 5.91 Å². The van der Waals surface area contributed by atoms with E-state index in [4.69, 9.17) is 0 Å². The maximum Gasteiger partial charge on any atom is 0.389 e. The van der Waals surface area contributed by atoms with Crippen molar-refractivity contribution in [2.24, 2.45) is 5.92 Å². The number of rotatable bonds is 2. The molecule has 2 bridgehead atoms. The summed E-state index contributed by atoms with van der Waals surface area (Å²) >= 11 is 0. The maximum atomic E-state index is 12.1. The molecule has 3 nitrogen and oxygen atoms in total. The number of fused-ring (bicyclic) bond motifs is 4. The molecule has 3 aliphatic heterocycles. The molecule has 0 aromatic heterocycles. The third-order valence-electron chi connectivity index (χ3n) is 3.56. The Hall–Kier alpha value is -0.490. The van der Waals surface area contributed by atoms with E-state index in [0.717, 1.165) is 19.4 Å². The number of amides is 1. The van der Waals surface area contributed by atoms with Crippen LogP contribution in [0.25, 0.3) is 0 Å².